The van der Waals surface area contributed by atoms with Crippen molar-refractivity contribution in [3.63, 3.8) is 0 Å². The lowest BCUT2D eigenvalue weighted by molar-refractivity contribution is -0.122. The summed E-state index contributed by atoms with van der Waals surface area (Å²) in [7, 11) is 0. The third-order valence-electron chi connectivity index (χ3n) is 1.94. The average molecular weight is 223 g/mol. The largest absolute Gasteiger partial charge is 0.493 e. The molecule has 1 aromatic rings. The van der Waals surface area contributed by atoms with Crippen molar-refractivity contribution >= 4 is 5.91 Å². The molecule has 88 valence electrons. The number of nitrogens with one attached hydrogen (secondary N) is 1. The maximum atomic E-state index is 11.2. The van der Waals surface area contributed by atoms with Gasteiger partial charge in [0.1, 0.15) is 5.75 Å². The number of benzene rings is 1. The van der Waals surface area contributed by atoms with E-state index >= 15 is 0 Å². The van der Waals surface area contributed by atoms with Crippen molar-refractivity contribution in [2.24, 2.45) is 0 Å². The molecule has 2 N–H and O–H groups in total. The highest BCUT2D eigenvalue weighted by Gasteiger charge is 2.02. The number of hydrogen-bond donors (Lipinski definition) is 2. The predicted molar refractivity (Wildman–Crippen MR) is 61.2 cm³/mol. The van der Waals surface area contributed by atoms with Gasteiger partial charge in [-0.3, -0.25) is 4.79 Å². The van der Waals surface area contributed by atoms with Crippen LogP contribution in [0.4, 0.5) is 0 Å². The smallest absolute Gasteiger partial charge is 0.223 e. The molecule has 4 nitrogen and oxygen atoms in total. The summed E-state index contributed by atoms with van der Waals surface area (Å²) in [6.07, 6.45) is -0.222. The van der Waals surface area contributed by atoms with Crippen LogP contribution in [-0.2, 0) is 4.79 Å². The number of amides is 1. The molecular weight excluding hydrogens is 206 g/mol. The first-order valence-electron chi connectivity index (χ1n) is 5.31. The van der Waals surface area contributed by atoms with Crippen molar-refractivity contribution in [1.29, 1.82) is 0 Å². The van der Waals surface area contributed by atoms with Crippen LogP contribution in [0, 0.1) is 0 Å². The monoisotopic (exact) mass is 223 g/mol. The standard InChI is InChI=1S/C12H17NO3/c1-10(14)9-13-12(15)7-8-16-11-5-3-2-4-6-11/h2-6,10,14H,7-9H2,1H3,(H,13,15). The summed E-state index contributed by atoms with van der Waals surface area (Å²) in [6, 6.07) is 9.34. The summed E-state index contributed by atoms with van der Waals surface area (Å²) < 4.78 is 5.36. The SMILES string of the molecule is CC(O)CNC(=O)CCOc1ccccc1. The fourth-order valence-electron chi connectivity index (χ4n) is 1.13. The Kier molecular flexibility index (Phi) is 5.36. The number of carbonyl (C=O) groups excluding carboxylic acids is 1. The Balaban J connectivity index is 2.13. The van der Waals surface area contributed by atoms with Crippen molar-refractivity contribution in [3.05, 3.63) is 30.3 Å². The molecule has 0 fully saturated rings. The summed E-state index contributed by atoms with van der Waals surface area (Å²) in [6.45, 7) is 2.25. The normalized spacial score (nSPS) is 11.9. The second-order valence-corrected chi connectivity index (χ2v) is 3.56. The quantitative estimate of drug-likeness (QED) is 0.755. The molecule has 1 aromatic carbocycles. The molecule has 1 unspecified atom stereocenters. The van der Waals surface area contributed by atoms with Gasteiger partial charge in [-0.15, -0.1) is 0 Å². The zero-order valence-electron chi connectivity index (χ0n) is 9.35. The number of hydrogen-bond acceptors (Lipinski definition) is 3. The Labute approximate surface area is 95.2 Å². The van der Waals surface area contributed by atoms with E-state index in [9.17, 15) is 4.79 Å². The number of rotatable bonds is 6. The fraction of sp³-hybridized carbons (Fsp3) is 0.417. The van der Waals surface area contributed by atoms with Gasteiger partial charge in [0.15, 0.2) is 0 Å². The van der Waals surface area contributed by atoms with Gasteiger partial charge in [-0.05, 0) is 19.1 Å². The molecule has 0 saturated heterocycles. The first-order chi connectivity index (χ1) is 7.68. The zero-order chi connectivity index (χ0) is 11.8. The molecule has 1 atom stereocenters. The number of aliphatic hydroxyl groups is 1. The first kappa shape index (κ1) is 12.5. The van der Waals surface area contributed by atoms with Crippen LogP contribution in [0.3, 0.4) is 0 Å². The summed E-state index contributed by atoms with van der Waals surface area (Å²) in [5.74, 6) is 0.641. The van der Waals surface area contributed by atoms with Crippen LogP contribution in [0.15, 0.2) is 30.3 Å². The fourth-order valence-corrected chi connectivity index (χ4v) is 1.13. The van der Waals surface area contributed by atoms with Crippen LogP contribution in [0.25, 0.3) is 0 Å². The number of aliphatic hydroxyl groups excluding tert-OH is 1. The van der Waals surface area contributed by atoms with E-state index in [0.717, 1.165) is 5.75 Å². The van der Waals surface area contributed by atoms with Gasteiger partial charge >= 0.3 is 0 Å². The van der Waals surface area contributed by atoms with Crippen LogP contribution in [0.2, 0.25) is 0 Å². The lowest BCUT2D eigenvalue weighted by atomic mass is 10.3. The molecule has 0 aliphatic heterocycles. The Bertz CT molecular complexity index is 311. The van der Waals surface area contributed by atoms with Crippen molar-refractivity contribution in [1.82, 2.24) is 5.32 Å². The van der Waals surface area contributed by atoms with E-state index in [2.05, 4.69) is 5.32 Å². The molecule has 0 bridgehead atoms. The molecule has 0 radical (unpaired) electrons. The van der Waals surface area contributed by atoms with Crippen LogP contribution in [-0.4, -0.2) is 30.3 Å². The van der Waals surface area contributed by atoms with E-state index < -0.39 is 6.10 Å². The van der Waals surface area contributed by atoms with Gasteiger partial charge < -0.3 is 15.2 Å². The zero-order valence-corrected chi connectivity index (χ0v) is 9.35. The summed E-state index contributed by atoms with van der Waals surface area (Å²) in [5, 5.41) is 11.6. The van der Waals surface area contributed by atoms with Gasteiger partial charge in [0.05, 0.1) is 19.1 Å². The minimum atomic E-state index is -0.515. The summed E-state index contributed by atoms with van der Waals surface area (Å²) >= 11 is 0. The van der Waals surface area contributed by atoms with Crippen molar-refractivity contribution < 1.29 is 14.6 Å². The third kappa shape index (κ3) is 5.36. The topological polar surface area (TPSA) is 58.6 Å². The molecule has 4 heteroatoms. The van der Waals surface area contributed by atoms with Crippen LogP contribution < -0.4 is 10.1 Å². The molecule has 0 aromatic heterocycles. The maximum absolute atomic E-state index is 11.2. The lowest BCUT2D eigenvalue weighted by Crippen LogP contribution is -2.31. The minimum absolute atomic E-state index is 0.114. The molecule has 1 amide bonds. The van der Waals surface area contributed by atoms with Crippen molar-refractivity contribution in [2.45, 2.75) is 19.4 Å². The molecule has 0 heterocycles. The summed E-state index contributed by atoms with van der Waals surface area (Å²) in [4.78, 5) is 11.2. The molecule has 0 saturated carbocycles. The van der Waals surface area contributed by atoms with Gasteiger partial charge in [0.2, 0.25) is 5.91 Å². The second kappa shape index (κ2) is 6.85. The Morgan fingerprint density at radius 3 is 2.75 bits per heavy atom. The van der Waals surface area contributed by atoms with Gasteiger partial charge in [0.25, 0.3) is 0 Å². The van der Waals surface area contributed by atoms with E-state index in [1.165, 1.54) is 0 Å². The van der Waals surface area contributed by atoms with Crippen LogP contribution >= 0.6 is 0 Å². The van der Waals surface area contributed by atoms with E-state index in [-0.39, 0.29) is 12.5 Å². The van der Waals surface area contributed by atoms with E-state index in [0.29, 0.717) is 13.0 Å². The van der Waals surface area contributed by atoms with E-state index in [1.807, 2.05) is 30.3 Å². The predicted octanol–water partition coefficient (Wildman–Crippen LogP) is 0.952. The highest BCUT2D eigenvalue weighted by Crippen LogP contribution is 2.08. The average Bonchev–Trinajstić information content (AvgIpc) is 2.28. The third-order valence-corrected chi connectivity index (χ3v) is 1.94. The van der Waals surface area contributed by atoms with Gasteiger partial charge in [-0.1, -0.05) is 18.2 Å². The summed E-state index contributed by atoms with van der Waals surface area (Å²) in [5.41, 5.74) is 0. The van der Waals surface area contributed by atoms with Gasteiger partial charge in [-0.2, -0.15) is 0 Å². The molecule has 0 spiro atoms. The first-order valence-corrected chi connectivity index (χ1v) is 5.31. The number of carbonyl (C=O) groups is 1. The van der Waals surface area contributed by atoms with E-state index in [1.54, 1.807) is 6.92 Å². The minimum Gasteiger partial charge on any atom is -0.493 e. The van der Waals surface area contributed by atoms with Crippen LogP contribution in [0.1, 0.15) is 13.3 Å². The molecule has 0 aliphatic carbocycles. The lowest BCUT2D eigenvalue weighted by Gasteiger charge is -2.08. The molecule has 1 rings (SSSR count). The molecule has 0 aliphatic rings. The second-order valence-electron chi connectivity index (χ2n) is 3.56. The van der Waals surface area contributed by atoms with Crippen molar-refractivity contribution in [2.75, 3.05) is 13.2 Å². The van der Waals surface area contributed by atoms with Crippen LogP contribution in [0.5, 0.6) is 5.75 Å². The van der Waals surface area contributed by atoms with Gasteiger partial charge in [-0.25, -0.2) is 0 Å². The highest BCUT2D eigenvalue weighted by molar-refractivity contribution is 5.75. The van der Waals surface area contributed by atoms with Gasteiger partial charge in [0, 0.05) is 6.54 Å². The maximum Gasteiger partial charge on any atom is 0.223 e. The highest BCUT2D eigenvalue weighted by atomic mass is 16.5. The Morgan fingerprint density at radius 1 is 1.44 bits per heavy atom. The molecular formula is C12H17NO3. The number of ether oxygens (including phenoxy) is 1. The van der Waals surface area contributed by atoms with E-state index in [4.69, 9.17) is 9.84 Å². The molecule has 16 heavy (non-hydrogen) atoms. The number of para-hydroxylation sites is 1. The Morgan fingerprint density at radius 2 is 2.12 bits per heavy atom. The van der Waals surface area contributed by atoms with Crippen molar-refractivity contribution in [3.8, 4) is 5.75 Å². The Hall–Kier alpha value is -1.55.